The number of sulfone groups is 1. The largest absolute Gasteiger partial charge is 0.352 e. The molecule has 20 heavy (non-hydrogen) atoms. The Kier molecular flexibility index (Phi) is 7.23. The fourth-order valence-electron chi connectivity index (χ4n) is 1.75. The second kappa shape index (κ2) is 8.42. The van der Waals surface area contributed by atoms with E-state index in [0.29, 0.717) is 12.1 Å². The third-order valence-corrected chi connectivity index (χ3v) is 4.54. The average Bonchev–Trinajstić information content (AvgIpc) is 2.41. The number of benzene rings is 1. The zero-order valence-corrected chi connectivity index (χ0v) is 14.0. The summed E-state index contributed by atoms with van der Waals surface area (Å²) in [5, 5.41) is 3.82. The molecular formula is C14H20BrNO3S. The molecule has 112 valence electrons. The topological polar surface area (TPSA) is 63.2 Å². The van der Waals surface area contributed by atoms with Gasteiger partial charge in [-0.15, -0.1) is 0 Å². The molecule has 1 aromatic carbocycles. The van der Waals surface area contributed by atoms with Gasteiger partial charge in [0.15, 0.2) is 9.84 Å². The van der Waals surface area contributed by atoms with Crippen LogP contribution in [0.1, 0.15) is 36.0 Å². The van der Waals surface area contributed by atoms with Gasteiger partial charge in [0.05, 0.1) is 4.90 Å². The number of unbranched alkanes of at least 4 members (excludes halogenated alkanes) is 3. The highest BCUT2D eigenvalue weighted by atomic mass is 79.9. The van der Waals surface area contributed by atoms with Gasteiger partial charge in [-0.25, -0.2) is 8.42 Å². The quantitative estimate of drug-likeness (QED) is 0.571. The first-order chi connectivity index (χ1) is 9.45. The molecule has 4 nitrogen and oxygen atoms in total. The SMILES string of the molecule is CS(=O)(=O)c1cccc(C(=O)NCCCCCCBr)c1. The van der Waals surface area contributed by atoms with Crippen molar-refractivity contribution in [2.75, 3.05) is 18.1 Å². The van der Waals surface area contributed by atoms with E-state index in [0.717, 1.165) is 37.3 Å². The van der Waals surface area contributed by atoms with Gasteiger partial charge in [0.25, 0.3) is 5.91 Å². The van der Waals surface area contributed by atoms with Gasteiger partial charge in [-0.2, -0.15) is 0 Å². The highest BCUT2D eigenvalue weighted by molar-refractivity contribution is 9.09. The number of carbonyl (C=O) groups is 1. The number of rotatable bonds is 8. The molecule has 0 radical (unpaired) electrons. The third kappa shape index (κ3) is 6.05. The van der Waals surface area contributed by atoms with Crippen molar-refractivity contribution in [3.63, 3.8) is 0 Å². The van der Waals surface area contributed by atoms with Crippen LogP contribution >= 0.6 is 15.9 Å². The molecule has 0 aliphatic carbocycles. The van der Waals surface area contributed by atoms with Crippen LogP contribution in [0.3, 0.4) is 0 Å². The van der Waals surface area contributed by atoms with E-state index in [1.54, 1.807) is 12.1 Å². The van der Waals surface area contributed by atoms with Crippen molar-refractivity contribution in [1.29, 1.82) is 0 Å². The van der Waals surface area contributed by atoms with E-state index in [1.165, 1.54) is 12.1 Å². The Morgan fingerprint density at radius 1 is 1.20 bits per heavy atom. The molecule has 0 aromatic heterocycles. The van der Waals surface area contributed by atoms with Crippen LogP contribution in [0.4, 0.5) is 0 Å². The van der Waals surface area contributed by atoms with E-state index in [4.69, 9.17) is 0 Å². The predicted octanol–water partition coefficient (Wildman–Crippen LogP) is 2.78. The second-order valence-electron chi connectivity index (χ2n) is 4.66. The van der Waals surface area contributed by atoms with Gasteiger partial charge < -0.3 is 5.32 Å². The Balaban J connectivity index is 2.48. The summed E-state index contributed by atoms with van der Waals surface area (Å²) >= 11 is 3.38. The number of amides is 1. The number of nitrogens with one attached hydrogen (secondary N) is 1. The molecule has 0 saturated heterocycles. The van der Waals surface area contributed by atoms with Crippen LogP contribution in [0.5, 0.6) is 0 Å². The van der Waals surface area contributed by atoms with Crippen molar-refractivity contribution < 1.29 is 13.2 Å². The minimum Gasteiger partial charge on any atom is -0.352 e. The monoisotopic (exact) mass is 361 g/mol. The van der Waals surface area contributed by atoms with E-state index < -0.39 is 9.84 Å². The van der Waals surface area contributed by atoms with Crippen LogP contribution in [0, 0.1) is 0 Å². The Morgan fingerprint density at radius 3 is 2.55 bits per heavy atom. The van der Waals surface area contributed by atoms with Crippen molar-refractivity contribution >= 4 is 31.7 Å². The first-order valence-electron chi connectivity index (χ1n) is 6.59. The Hall–Kier alpha value is -0.880. The predicted molar refractivity (Wildman–Crippen MR) is 84.1 cm³/mol. The van der Waals surface area contributed by atoms with Crippen molar-refractivity contribution in [1.82, 2.24) is 5.32 Å². The van der Waals surface area contributed by atoms with Crippen LogP contribution in [-0.2, 0) is 9.84 Å². The minimum absolute atomic E-state index is 0.169. The zero-order chi connectivity index (χ0) is 15.0. The fraction of sp³-hybridized carbons (Fsp3) is 0.500. The summed E-state index contributed by atoms with van der Waals surface area (Å²) in [6, 6.07) is 6.11. The summed E-state index contributed by atoms with van der Waals surface area (Å²) in [7, 11) is -3.28. The normalized spacial score (nSPS) is 11.3. The van der Waals surface area contributed by atoms with E-state index in [2.05, 4.69) is 21.2 Å². The van der Waals surface area contributed by atoms with Gasteiger partial charge in [0.2, 0.25) is 0 Å². The molecular weight excluding hydrogens is 342 g/mol. The van der Waals surface area contributed by atoms with Crippen molar-refractivity contribution in [2.45, 2.75) is 30.6 Å². The molecule has 1 rings (SSSR count). The molecule has 1 aromatic rings. The molecule has 0 fully saturated rings. The number of hydrogen-bond acceptors (Lipinski definition) is 3. The van der Waals surface area contributed by atoms with Crippen LogP contribution < -0.4 is 5.32 Å². The number of carbonyl (C=O) groups excluding carboxylic acids is 1. The Labute approximate surface area is 129 Å². The number of hydrogen-bond donors (Lipinski definition) is 1. The molecule has 6 heteroatoms. The van der Waals surface area contributed by atoms with Gasteiger partial charge >= 0.3 is 0 Å². The number of halogens is 1. The van der Waals surface area contributed by atoms with Crippen molar-refractivity contribution in [3.8, 4) is 0 Å². The van der Waals surface area contributed by atoms with Gasteiger partial charge in [0, 0.05) is 23.7 Å². The third-order valence-electron chi connectivity index (χ3n) is 2.87. The lowest BCUT2D eigenvalue weighted by molar-refractivity contribution is 0.0952. The lowest BCUT2D eigenvalue weighted by Crippen LogP contribution is -2.24. The molecule has 0 spiro atoms. The number of alkyl halides is 1. The summed E-state index contributed by atoms with van der Waals surface area (Å²) in [5.41, 5.74) is 0.383. The maximum Gasteiger partial charge on any atom is 0.251 e. The summed E-state index contributed by atoms with van der Waals surface area (Å²) in [6.45, 7) is 0.615. The summed E-state index contributed by atoms with van der Waals surface area (Å²) in [4.78, 5) is 12.1. The standard InChI is InChI=1S/C14H20BrNO3S/c1-20(18,19)13-8-6-7-12(11-13)14(17)16-10-5-3-2-4-9-15/h6-8,11H,2-5,9-10H2,1H3,(H,16,17). The molecule has 0 saturated carbocycles. The van der Waals surface area contributed by atoms with E-state index in [-0.39, 0.29) is 10.8 Å². The van der Waals surface area contributed by atoms with Gasteiger partial charge in [0.1, 0.15) is 0 Å². The molecule has 1 N–H and O–H groups in total. The van der Waals surface area contributed by atoms with Gasteiger partial charge in [-0.1, -0.05) is 34.8 Å². The Morgan fingerprint density at radius 2 is 1.90 bits per heavy atom. The maximum absolute atomic E-state index is 11.9. The molecule has 0 aliphatic heterocycles. The minimum atomic E-state index is -3.28. The lowest BCUT2D eigenvalue weighted by atomic mass is 10.2. The fourth-order valence-corrected chi connectivity index (χ4v) is 2.81. The molecule has 0 unspecified atom stereocenters. The highest BCUT2D eigenvalue weighted by Gasteiger charge is 2.11. The summed E-state index contributed by atoms with van der Waals surface area (Å²) < 4.78 is 22.9. The molecule has 0 heterocycles. The van der Waals surface area contributed by atoms with Gasteiger partial charge in [-0.3, -0.25) is 4.79 Å². The van der Waals surface area contributed by atoms with E-state index in [9.17, 15) is 13.2 Å². The average molecular weight is 362 g/mol. The van der Waals surface area contributed by atoms with E-state index in [1.807, 2.05) is 0 Å². The van der Waals surface area contributed by atoms with Crippen LogP contribution in [0.25, 0.3) is 0 Å². The lowest BCUT2D eigenvalue weighted by Gasteiger charge is -2.06. The molecule has 0 bridgehead atoms. The molecule has 1 amide bonds. The first kappa shape index (κ1) is 17.2. The van der Waals surface area contributed by atoms with Crippen LogP contribution in [-0.4, -0.2) is 32.5 Å². The van der Waals surface area contributed by atoms with Crippen molar-refractivity contribution in [3.05, 3.63) is 29.8 Å². The highest BCUT2D eigenvalue weighted by Crippen LogP contribution is 2.11. The Bertz CT molecular complexity index is 543. The molecule has 0 aliphatic rings. The maximum atomic E-state index is 11.9. The van der Waals surface area contributed by atoms with Crippen LogP contribution in [0.15, 0.2) is 29.2 Å². The van der Waals surface area contributed by atoms with Crippen molar-refractivity contribution in [2.24, 2.45) is 0 Å². The van der Waals surface area contributed by atoms with Crippen LogP contribution in [0.2, 0.25) is 0 Å². The summed E-state index contributed by atoms with van der Waals surface area (Å²) in [6.07, 6.45) is 5.43. The zero-order valence-electron chi connectivity index (χ0n) is 11.6. The van der Waals surface area contributed by atoms with Gasteiger partial charge in [-0.05, 0) is 31.0 Å². The smallest absolute Gasteiger partial charge is 0.251 e. The second-order valence-corrected chi connectivity index (χ2v) is 7.47. The first-order valence-corrected chi connectivity index (χ1v) is 9.60. The van der Waals surface area contributed by atoms with E-state index >= 15 is 0 Å². The molecule has 0 atom stereocenters. The summed E-state index contributed by atoms with van der Waals surface area (Å²) in [5.74, 6) is -0.226.